The van der Waals surface area contributed by atoms with E-state index in [1.165, 1.54) is 12.1 Å². The van der Waals surface area contributed by atoms with E-state index in [0.717, 1.165) is 24.0 Å². The van der Waals surface area contributed by atoms with Gasteiger partial charge in [-0.1, -0.05) is 6.07 Å². The molecule has 5 rings (SSSR count). The van der Waals surface area contributed by atoms with Crippen LogP contribution in [0.25, 0.3) is 16.8 Å². The topological polar surface area (TPSA) is 60.0 Å². The van der Waals surface area contributed by atoms with Crippen molar-refractivity contribution in [1.82, 2.24) is 24.4 Å². The van der Waals surface area contributed by atoms with Gasteiger partial charge in [0.25, 0.3) is 0 Å². The Hall–Kier alpha value is -3.36. The summed E-state index contributed by atoms with van der Waals surface area (Å²) in [5.74, 6) is 0.189. The zero-order valence-corrected chi connectivity index (χ0v) is 17.5. The van der Waals surface area contributed by atoms with Crippen molar-refractivity contribution in [3.8, 4) is 11.1 Å². The van der Waals surface area contributed by atoms with Crippen LogP contribution in [-0.2, 0) is 6.42 Å². The van der Waals surface area contributed by atoms with Crippen LogP contribution in [0, 0.1) is 5.82 Å². The summed E-state index contributed by atoms with van der Waals surface area (Å²) >= 11 is 0. The van der Waals surface area contributed by atoms with Crippen molar-refractivity contribution < 1.29 is 13.2 Å². The quantitative estimate of drug-likeness (QED) is 0.397. The fraction of sp³-hybridized carbons (Fsp3) is 0.348. The molecule has 9 heteroatoms. The molecule has 0 saturated heterocycles. The van der Waals surface area contributed by atoms with Gasteiger partial charge in [-0.15, -0.1) is 0 Å². The van der Waals surface area contributed by atoms with E-state index in [-0.39, 0.29) is 18.9 Å². The number of benzene rings is 1. The molecule has 0 spiro atoms. The summed E-state index contributed by atoms with van der Waals surface area (Å²) in [6, 6.07) is 6.23. The van der Waals surface area contributed by atoms with E-state index < -0.39 is 12.2 Å². The highest BCUT2D eigenvalue weighted by atomic mass is 19.3. The third kappa shape index (κ3) is 4.19. The highest BCUT2D eigenvalue weighted by Crippen LogP contribution is 2.35. The summed E-state index contributed by atoms with van der Waals surface area (Å²) in [6.07, 6.45) is 7.23. The molecule has 0 radical (unpaired) electrons. The van der Waals surface area contributed by atoms with Crippen LogP contribution in [-0.4, -0.2) is 30.8 Å². The molecular formula is C23H23F3N6. The van der Waals surface area contributed by atoms with Crippen molar-refractivity contribution in [3.63, 3.8) is 0 Å². The number of hydrogen-bond acceptors (Lipinski definition) is 4. The number of anilines is 1. The molecule has 1 N–H and O–H groups in total. The Morgan fingerprint density at radius 1 is 1.16 bits per heavy atom. The largest absolute Gasteiger partial charge is 0.363 e. The molecule has 1 aromatic carbocycles. The summed E-state index contributed by atoms with van der Waals surface area (Å²) in [7, 11) is 0. The Morgan fingerprint density at radius 3 is 2.78 bits per heavy atom. The van der Waals surface area contributed by atoms with Crippen LogP contribution in [0.2, 0.25) is 0 Å². The number of fused-ring (bicyclic) bond motifs is 1. The maximum absolute atomic E-state index is 13.9. The zero-order chi connectivity index (χ0) is 22.2. The van der Waals surface area contributed by atoms with Crippen molar-refractivity contribution in [3.05, 3.63) is 66.0 Å². The van der Waals surface area contributed by atoms with Gasteiger partial charge in [-0.3, -0.25) is 4.68 Å². The highest BCUT2D eigenvalue weighted by Gasteiger charge is 2.25. The van der Waals surface area contributed by atoms with Gasteiger partial charge < -0.3 is 5.32 Å². The van der Waals surface area contributed by atoms with Crippen molar-refractivity contribution in [2.24, 2.45) is 0 Å². The van der Waals surface area contributed by atoms with E-state index >= 15 is 0 Å². The van der Waals surface area contributed by atoms with Gasteiger partial charge in [0, 0.05) is 29.9 Å². The number of nitrogens with zero attached hydrogens (tertiary/aromatic N) is 5. The summed E-state index contributed by atoms with van der Waals surface area (Å²) in [5, 5.41) is 12.1. The Morgan fingerprint density at radius 2 is 2.00 bits per heavy atom. The van der Waals surface area contributed by atoms with Gasteiger partial charge in [-0.25, -0.2) is 22.7 Å². The van der Waals surface area contributed by atoms with Crippen LogP contribution in [0.15, 0.2) is 49.1 Å². The molecule has 166 valence electrons. The van der Waals surface area contributed by atoms with Gasteiger partial charge in [0.1, 0.15) is 11.6 Å². The van der Waals surface area contributed by atoms with E-state index in [9.17, 15) is 13.2 Å². The normalized spacial score (nSPS) is 14.9. The Balaban J connectivity index is 1.41. The average molecular weight is 440 g/mol. The first-order chi connectivity index (χ1) is 15.5. The number of alkyl halides is 2. The standard InChI is InChI=1S/C23H23F3N6/c1-14(19-10-17(24)4-2-15(19)3-7-21(25)26)29-22-8-9-31-23(30-22)20(12-28-31)16-11-27-32(13-16)18-5-6-18/h2,4,8-14,18,21H,3,5-7H2,1H3,(H,29,30). The lowest BCUT2D eigenvalue weighted by Crippen LogP contribution is -2.12. The third-order valence-electron chi connectivity index (χ3n) is 5.77. The fourth-order valence-corrected chi connectivity index (χ4v) is 3.93. The second kappa shape index (κ2) is 8.29. The number of hydrogen-bond donors (Lipinski definition) is 1. The lowest BCUT2D eigenvalue weighted by atomic mass is 9.97. The van der Waals surface area contributed by atoms with Crippen molar-refractivity contribution in [2.45, 2.75) is 51.1 Å². The minimum atomic E-state index is -2.40. The van der Waals surface area contributed by atoms with Crippen LogP contribution in [0.3, 0.4) is 0 Å². The van der Waals surface area contributed by atoms with Gasteiger partial charge >= 0.3 is 0 Å². The number of nitrogens with one attached hydrogen (secondary N) is 1. The maximum atomic E-state index is 13.9. The van der Waals surface area contributed by atoms with Crippen molar-refractivity contribution in [1.29, 1.82) is 0 Å². The number of halogens is 3. The molecule has 3 heterocycles. The molecular weight excluding hydrogens is 417 g/mol. The van der Waals surface area contributed by atoms with Crippen molar-refractivity contribution >= 4 is 11.5 Å². The summed E-state index contributed by atoms with van der Waals surface area (Å²) in [4.78, 5) is 4.71. The molecule has 1 aliphatic carbocycles. The SMILES string of the molecule is CC(Nc1ccn2ncc(-c3cnn(C4CC4)c3)c2n1)c1cc(F)ccc1CCC(F)F. The van der Waals surface area contributed by atoms with Gasteiger partial charge in [0.15, 0.2) is 5.65 Å². The van der Waals surface area contributed by atoms with Crippen LogP contribution in [0.4, 0.5) is 19.0 Å². The Labute approximate surface area is 183 Å². The second-order valence-corrected chi connectivity index (χ2v) is 8.22. The van der Waals surface area contributed by atoms with Crippen LogP contribution >= 0.6 is 0 Å². The van der Waals surface area contributed by atoms with Crippen LogP contribution < -0.4 is 5.32 Å². The van der Waals surface area contributed by atoms with Gasteiger partial charge in [0.2, 0.25) is 6.43 Å². The first kappa shape index (κ1) is 20.5. The molecule has 0 aliphatic heterocycles. The molecule has 3 aromatic heterocycles. The molecule has 4 aromatic rings. The lowest BCUT2D eigenvalue weighted by Gasteiger charge is -2.19. The first-order valence-electron chi connectivity index (χ1n) is 10.7. The summed E-state index contributed by atoms with van der Waals surface area (Å²) in [5.41, 5.74) is 3.84. The van der Waals surface area contributed by atoms with Gasteiger partial charge in [-0.05, 0) is 55.5 Å². The summed E-state index contributed by atoms with van der Waals surface area (Å²) < 4.78 is 43.0. The molecule has 1 unspecified atom stereocenters. The lowest BCUT2D eigenvalue weighted by molar-refractivity contribution is 0.138. The predicted octanol–water partition coefficient (Wildman–Crippen LogP) is 5.44. The van der Waals surface area contributed by atoms with E-state index in [4.69, 9.17) is 4.98 Å². The molecule has 32 heavy (non-hydrogen) atoms. The molecule has 1 aliphatic rings. The molecule has 6 nitrogen and oxygen atoms in total. The number of aromatic nitrogens is 5. The minimum absolute atomic E-state index is 0.184. The van der Waals surface area contributed by atoms with Gasteiger partial charge in [-0.2, -0.15) is 10.2 Å². The monoisotopic (exact) mass is 440 g/mol. The molecule has 1 saturated carbocycles. The van der Waals surface area contributed by atoms with E-state index in [1.807, 2.05) is 24.0 Å². The molecule has 0 amide bonds. The maximum Gasteiger partial charge on any atom is 0.239 e. The fourth-order valence-electron chi connectivity index (χ4n) is 3.93. The van der Waals surface area contributed by atoms with Crippen molar-refractivity contribution in [2.75, 3.05) is 5.32 Å². The minimum Gasteiger partial charge on any atom is -0.363 e. The van der Waals surface area contributed by atoms with E-state index in [2.05, 4.69) is 15.5 Å². The molecule has 0 bridgehead atoms. The Kier molecular flexibility index (Phi) is 5.32. The molecule has 1 atom stereocenters. The average Bonchev–Trinajstić information content (AvgIpc) is 3.35. The predicted molar refractivity (Wildman–Crippen MR) is 115 cm³/mol. The van der Waals surface area contributed by atoms with Crippen LogP contribution in [0.1, 0.15) is 49.4 Å². The Bertz CT molecular complexity index is 1240. The first-order valence-corrected chi connectivity index (χ1v) is 10.7. The third-order valence-corrected chi connectivity index (χ3v) is 5.77. The smallest absolute Gasteiger partial charge is 0.239 e. The van der Waals surface area contributed by atoms with Crippen LogP contribution in [0.5, 0.6) is 0 Å². The van der Waals surface area contributed by atoms with E-state index in [0.29, 0.717) is 28.6 Å². The summed E-state index contributed by atoms with van der Waals surface area (Å²) in [6.45, 7) is 1.86. The van der Waals surface area contributed by atoms with E-state index in [1.54, 1.807) is 29.0 Å². The number of aryl methyl sites for hydroxylation is 1. The zero-order valence-electron chi connectivity index (χ0n) is 17.5. The molecule has 1 fully saturated rings. The second-order valence-electron chi connectivity index (χ2n) is 8.22. The number of rotatable bonds is 8. The van der Waals surface area contributed by atoms with Gasteiger partial charge in [0.05, 0.1) is 24.5 Å². The highest BCUT2D eigenvalue weighted by molar-refractivity contribution is 5.76.